The van der Waals surface area contributed by atoms with Gasteiger partial charge in [-0.3, -0.25) is 9.98 Å². The molecule has 2 nitrogen and oxygen atoms in total. The van der Waals surface area contributed by atoms with Crippen LogP contribution in [0.15, 0.2) is 21.6 Å². The highest BCUT2D eigenvalue weighted by atomic mass is 14.9. The first-order valence-corrected chi connectivity index (χ1v) is 4.53. The third kappa shape index (κ3) is 1.22. The minimum Gasteiger partial charge on any atom is -0.294 e. The van der Waals surface area contributed by atoms with Gasteiger partial charge in [-0.2, -0.15) is 0 Å². The zero-order valence-corrected chi connectivity index (χ0v) is 7.45. The number of rotatable bonds is 0. The topological polar surface area (TPSA) is 24.7 Å². The van der Waals surface area contributed by atoms with E-state index in [1.807, 2.05) is 12.4 Å². The van der Waals surface area contributed by atoms with Gasteiger partial charge in [-0.25, -0.2) is 0 Å². The maximum absolute atomic E-state index is 4.54. The lowest BCUT2D eigenvalue weighted by molar-refractivity contribution is 0.536. The van der Waals surface area contributed by atoms with Crippen LogP contribution in [0.3, 0.4) is 0 Å². The molecular weight excluding hydrogens is 148 g/mol. The van der Waals surface area contributed by atoms with E-state index in [4.69, 9.17) is 0 Å². The van der Waals surface area contributed by atoms with E-state index in [1.165, 1.54) is 12.0 Å². The molecule has 0 bridgehead atoms. The van der Waals surface area contributed by atoms with Crippen LogP contribution < -0.4 is 0 Å². The lowest BCUT2D eigenvalue weighted by atomic mass is 9.87. The maximum atomic E-state index is 4.54. The van der Waals surface area contributed by atoms with E-state index in [0.29, 0.717) is 0 Å². The maximum Gasteiger partial charge on any atom is 0.0979 e. The summed E-state index contributed by atoms with van der Waals surface area (Å²) in [6.07, 6.45) is 9.57. The second kappa shape index (κ2) is 2.85. The van der Waals surface area contributed by atoms with Gasteiger partial charge >= 0.3 is 0 Å². The van der Waals surface area contributed by atoms with Crippen LogP contribution in [0.25, 0.3) is 0 Å². The molecule has 1 atom stereocenters. The van der Waals surface area contributed by atoms with E-state index in [9.17, 15) is 0 Å². The summed E-state index contributed by atoms with van der Waals surface area (Å²) in [6, 6.07) is 0. The number of fused-ring (bicyclic) bond motifs is 1. The number of allylic oxidation sites excluding steroid dienone is 1. The van der Waals surface area contributed by atoms with Gasteiger partial charge in [-0.15, -0.1) is 0 Å². The number of hydrogen-bond acceptors (Lipinski definition) is 2. The van der Waals surface area contributed by atoms with Gasteiger partial charge in [-0.05, 0) is 25.3 Å². The number of aliphatic imine (C=N–C) groups is 2. The minimum absolute atomic E-state index is 0.00868. The van der Waals surface area contributed by atoms with E-state index in [2.05, 4.69) is 23.0 Å². The van der Waals surface area contributed by atoms with Crippen LogP contribution in [0.5, 0.6) is 0 Å². The van der Waals surface area contributed by atoms with Gasteiger partial charge in [0.25, 0.3) is 0 Å². The van der Waals surface area contributed by atoms with Crippen molar-refractivity contribution in [2.75, 3.05) is 6.54 Å². The first kappa shape index (κ1) is 7.71. The zero-order valence-electron chi connectivity index (χ0n) is 7.45. The average molecular weight is 162 g/mol. The van der Waals surface area contributed by atoms with Gasteiger partial charge in [-0.1, -0.05) is 6.08 Å². The summed E-state index contributed by atoms with van der Waals surface area (Å²) in [7, 11) is 0. The van der Waals surface area contributed by atoms with Gasteiger partial charge in [0.1, 0.15) is 0 Å². The van der Waals surface area contributed by atoms with Crippen molar-refractivity contribution in [3.8, 4) is 0 Å². The summed E-state index contributed by atoms with van der Waals surface area (Å²) >= 11 is 0. The third-order valence-corrected chi connectivity index (χ3v) is 2.61. The van der Waals surface area contributed by atoms with Crippen molar-refractivity contribution in [3.63, 3.8) is 0 Å². The van der Waals surface area contributed by atoms with E-state index in [-0.39, 0.29) is 5.54 Å². The normalized spacial score (nSPS) is 33.9. The highest BCUT2D eigenvalue weighted by Crippen LogP contribution is 2.30. The van der Waals surface area contributed by atoms with Gasteiger partial charge in [0, 0.05) is 18.9 Å². The molecule has 0 aliphatic carbocycles. The van der Waals surface area contributed by atoms with Crippen molar-refractivity contribution in [3.05, 3.63) is 11.6 Å². The van der Waals surface area contributed by atoms with Crippen molar-refractivity contribution in [1.82, 2.24) is 0 Å². The van der Waals surface area contributed by atoms with E-state index < -0.39 is 0 Å². The molecule has 2 aliphatic heterocycles. The fourth-order valence-corrected chi connectivity index (χ4v) is 1.81. The standard InChI is InChI=1S/C10H14N2/c1-10-8-11-6-2-4-9(10)5-3-7-12-10/h4,6-7H,2-3,5,8H2,1H3/t10-/m0/s1. The third-order valence-electron chi connectivity index (χ3n) is 2.61. The lowest BCUT2D eigenvalue weighted by Gasteiger charge is -2.29. The number of nitrogens with zero attached hydrogens (tertiary/aromatic N) is 2. The molecule has 0 spiro atoms. The van der Waals surface area contributed by atoms with E-state index in [0.717, 1.165) is 19.4 Å². The predicted molar refractivity (Wildman–Crippen MR) is 52.2 cm³/mol. The molecule has 2 rings (SSSR count). The van der Waals surface area contributed by atoms with Crippen LogP contribution >= 0.6 is 0 Å². The van der Waals surface area contributed by atoms with Crippen LogP contribution in [0.2, 0.25) is 0 Å². The molecule has 0 saturated heterocycles. The van der Waals surface area contributed by atoms with Crippen LogP contribution in [0.4, 0.5) is 0 Å². The molecule has 0 aromatic carbocycles. The van der Waals surface area contributed by atoms with Crippen LogP contribution in [0.1, 0.15) is 26.2 Å². The Labute approximate surface area is 73.1 Å². The van der Waals surface area contributed by atoms with Crippen molar-refractivity contribution in [1.29, 1.82) is 0 Å². The predicted octanol–water partition coefficient (Wildman–Crippen LogP) is 2.01. The first-order chi connectivity index (χ1) is 5.81. The molecule has 0 aromatic heterocycles. The Hall–Kier alpha value is -0.920. The fraction of sp³-hybridized carbons (Fsp3) is 0.600. The Morgan fingerprint density at radius 2 is 2.33 bits per heavy atom. The summed E-state index contributed by atoms with van der Waals surface area (Å²) in [5, 5.41) is 0. The summed E-state index contributed by atoms with van der Waals surface area (Å²) in [5.74, 6) is 0. The summed E-state index contributed by atoms with van der Waals surface area (Å²) in [4.78, 5) is 8.87. The molecule has 0 amide bonds. The summed E-state index contributed by atoms with van der Waals surface area (Å²) < 4.78 is 0. The molecule has 0 radical (unpaired) electrons. The molecule has 2 aliphatic rings. The Kier molecular flexibility index (Phi) is 1.83. The van der Waals surface area contributed by atoms with Crippen molar-refractivity contribution in [2.24, 2.45) is 9.98 Å². The highest BCUT2D eigenvalue weighted by molar-refractivity contribution is 5.65. The quantitative estimate of drug-likeness (QED) is 0.487. The highest BCUT2D eigenvalue weighted by Gasteiger charge is 2.29. The van der Waals surface area contributed by atoms with Gasteiger partial charge in [0.15, 0.2) is 0 Å². The lowest BCUT2D eigenvalue weighted by Crippen LogP contribution is -2.31. The van der Waals surface area contributed by atoms with Gasteiger partial charge in [0.2, 0.25) is 0 Å². The molecule has 12 heavy (non-hydrogen) atoms. The number of hydrogen-bond donors (Lipinski definition) is 0. The van der Waals surface area contributed by atoms with Crippen molar-refractivity contribution >= 4 is 12.4 Å². The molecule has 0 N–H and O–H groups in total. The Morgan fingerprint density at radius 3 is 3.25 bits per heavy atom. The van der Waals surface area contributed by atoms with Crippen molar-refractivity contribution in [2.45, 2.75) is 31.7 Å². The fourth-order valence-electron chi connectivity index (χ4n) is 1.81. The van der Waals surface area contributed by atoms with Gasteiger partial charge < -0.3 is 0 Å². The van der Waals surface area contributed by atoms with Crippen LogP contribution in [-0.4, -0.2) is 24.5 Å². The van der Waals surface area contributed by atoms with Crippen LogP contribution in [-0.2, 0) is 0 Å². The largest absolute Gasteiger partial charge is 0.294 e. The Balaban J connectivity index is 2.35. The molecule has 0 fully saturated rings. The van der Waals surface area contributed by atoms with Crippen LogP contribution in [0, 0.1) is 0 Å². The SMILES string of the molecule is C[C@]12CN=CCC=C1CCC=N2. The second-order valence-electron chi connectivity index (χ2n) is 3.61. The molecule has 64 valence electrons. The molecule has 2 heteroatoms. The minimum atomic E-state index is -0.00868. The van der Waals surface area contributed by atoms with E-state index >= 15 is 0 Å². The summed E-state index contributed by atoms with van der Waals surface area (Å²) in [5.41, 5.74) is 1.47. The second-order valence-corrected chi connectivity index (χ2v) is 3.61. The zero-order chi connectivity index (χ0) is 8.44. The van der Waals surface area contributed by atoms with Gasteiger partial charge in [0.05, 0.1) is 12.1 Å². The first-order valence-electron chi connectivity index (χ1n) is 4.53. The molecule has 0 saturated carbocycles. The van der Waals surface area contributed by atoms with Crippen molar-refractivity contribution < 1.29 is 0 Å². The summed E-state index contributed by atoms with van der Waals surface area (Å²) in [6.45, 7) is 3.01. The Bertz CT molecular complexity index is 263. The van der Waals surface area contributed by atoms with E-state index in [1.54, 1.807) is 0 Å². The average Bonchev–Trinajstić information content (AvgIpc) is 2.25. The monoisotopic (exact) mass is 162 g/mol. The molecular formula is C10H14N2. The Morgan fingerprint density at radius 1 is 1.42 bits per heavy atom. The molecule has 0 aromatic rings. The molecule has 0 unspecified atom stereocenters. The smallest absolute Gasteiger partial charge is 0.0979 e. The molecule has 2 heterocycles.